The minimum absolute atomic E-state index is 0.161. The van der Waals surface area contributed by atoms with Crippen molar-refractivity contribution in [3.8, 4) is 0 Å². The lowest BCUT2D eigenvalue weighted by atomic mass is 10.1. The number of amides is 1. The predicted molar refractivity (Wildman–Crippen MR) is 67.3 cm³/mol. The highest BCUT2D eigenvalue weighted by Crippen LogP contribution is 2.30. The van der Waals surface area contributed by atoms with E-state index in [2.05, 4.69) is 5.32 Å². The zero-order valence-corrected chi connectivity index (χ0v) is 11.2. The highest BCUT2D eigenvalue weighted by Gasteiger charge is 2.32. The molecule has 1 aromatic rings. The lowest BCUT2D eigenvalue weighted by molar-refractivity contribution is -0.137. The molecule has 21 heavy (non-hydrogen) atoms. The number of benzene rings is 1. The minimum atomic E-state index is -4.62. The van der Waals surface area contributed by atoms with E-state index in [1.807, 2.05) is 0 Å². The first kappa shape index (κ1) is 15.8. The highest BCUT2D eigenvalue weighted by atomic mass is 19.4. The summed E-state index contributed by atoms with van der Waals surface area (Å²) in [6.45, 7) is 0.757. The molecule has 0 aliphatic carbocycles. The fraction of sp³-hybridized carbons (Fsp3) is 0.500. The van der Waals surface area contributed by atoms with Gasteiger partial charge in [-0.25, -0.2) is 4.39 Å². The Morgan fingerprint density at radius 2 is 2.10 bits per heavy atom. The van der Waals surface area contributed by atoms with Crippen LogP contribution < -0.4 is 5.32 Å². The van der Waals surface area contributed by atoms with Crippen molar-refractivity contribution in [3.05, 3.63) is 35.1 Å². The second-order valence-electron chi connectivity index (χ2n) is 4.89. The molecule has 1 aliphatic rings. The standard InChI is InChI=1S/C14H15F4NO2/c15-12-5-4-9(14(16,17)18)7-11(12)13(20)19-8-10-3-1-2-6-21-10/h4-5,7,10H,1-3,6,8H2,(H,19,20). The second-order valence-corrected chi connectivity index (χ2v) is 4.89. The van der Waals surface area contributed by atoms with Gasteiger partial charge in [-0.05, 0) is 37.5 Å². The van der Waals surface area contributed by atoms with Crippen molar-refractivity contribution in [1.82, 2.24) is 5.32 Å². The van der Waals surface area contributed by atoms with Gasteiger partial charge in [0.2, 0.25) is 0 Å². The molecule has 0 saturated carbocycles. The van der Waals surface area contributed by atoms with Crippen LogP contribution in [-0.4, -0.2) is 25.2 Å². The third-order valence-corrected chi connectivity index (χ3v) is 3.30. The molecule has 1 atom stereocenters. The quantitative estimate of drug-likeness (QED) is 0.871. The van der Waals surface area contributed by atoms with Crippen molar-refractivity contribution in [2.75, 3.05) is 13.2 Å². The van der Waals surface area contributed by atoms with Crippen LogP contribution in [0.15, 0.2) is 18.2 Å². The van der Waals surface area contributed by atoms with Gasteiger partial charge in [-0.15, -0.1) is 0 Å². The van der Waals surface area contributed by atoms with Crippen LogP contribution in [-0.2, 0) is 10.9 Å². The summed E-state index contributed by atoms with van der Waals surface area (Å²) in [6, 6.07) is 1.78. The summed E-state index contributed by atoms with van der Waals surface area (Å²) >= 11 is 0. The smallest absolute Gasteiger partial charge is 0.376 e. The number of rotatable bonds is 3. The zero-order chi connectivity index (χ0) is 15.5. The van der Waals surface area contributed by atoms with Crippen molar-refractivity contribution in [2.24, 2.45) is 0 Å². The Bertz CT molecular complexity index is 510. The van der Waals surface area contributed by atoms with E-state index in [4.69, 9.17) is 4.74 Å². The summed E-state index contributed by atoms with van der Waals surface area (Å²) in [7, 11) is 0. The molecular weight excluding hydrogens is 290 g/mol. The molecule has 0 radical (unpaired) electrons. The monoisotopic (exact) mass is 305 g/mol. The molecule has 1 amide bonds. The number of nitrogens with one attached hydrogen (secondary N) is 1. The molecule has 7 heteroatoms. The van der Waals surface area contributed by atoms with E-state index in [0.29, 0.717) is 24.8 Å². The lowest BCUT2D eigenvalue weighted by Gasteiger charge is -2.22. The van der Waals surface area contributed by atoms with E-state index in [1.165, 1.54) is 0 Å². The van der Waals surface area contributed by atoms with Crippen LogP contribution in [0.1, 0.15) is 35.2 Å². The molecule has 1 aliphatic heterocycles. The van der Waals surface area contributed by atoms with Crippen molar-refractivity contribution in [1.29, 1.82) is 0 Å². The first-order valence-corrected chi connectivity index (χ1v) is 6.64. The number of hydrogen-bond acceptors (Lipinski definition) is 2. The van der Waals surface area contributed by atoms with Gasteiger partial charge in [0, 0.05) is 13.2 Å². The first-order valence-electron chi connectivity index (χ1n) is 6.64. The number of carbonyl (C=O) groups is 1. The normalized spacial score (nSPS) is 19.3. The summed E-state index contributed by atoms with van der Waals surface area (Å²) in [5.41, 5.74) is -1.66. The van der Waals surface area contributed by atoms with Gasteiger partial charge < -0.3 is 10.1 Å². The molecular formula is C14H15F4NO2. The van der Waals surface area contributed by atoms with Gasteiger partial charge in [-0.3, -0.25) is 4.79 Å². The van der Waals surface area contributed by atoms with E-state index in [9.17, 15) is 22.4 Å². The molecule has 0 aromatic heterocycles. The van der Waals surface area contributed by atoms with Crippen LogP contribution >= 0.6 is 0 Å². The van der Waals surface area contributed by atoms with E-state index in [-0.39, 0.29) is 12.6 Å². The maximum absolute atomic E-state index is 13.5. The van der Waals surface area contributed by atoms with E-state index in [0.717, 1.165) is 19.3 Å². The van der Waals surface area contributed by atoms with Gasteiger partial charge in [-0.1, -0.05) is 0 Å². The third kappa shape index (κ3) is 4.17. The maximum atomic E-state index is 13.5. The van der Waals surface area contributed by atoms with Crippen molar-refractivity contribution >= 4 is 5.91 Å². The van der Waals surface area contributed by atoms with Gasteiger partial charge in [0.15, 0.2) is 0 Å². The topological polar surface area (TPSA) is 38.3 Å². The van der Waals surface area contributed by atoms with Gasteiger partial charge in [0.25, 0.3) is 5.91 Å². The van der Waals surface area contributed by atoms with Gasteiger partial charge in [0.1, 0.15) is 5.82 Å². The fourth-order valence-electron chi connectivity index (χ4n) is 2.15. The summed E-state index contributed by atoms with van der Waals surface area (Å²) in [5.74, 6) is -1.85. The molecule has 1 unspecified atom stereocenters. The molecule has 2 rings (SSSR count). The average molecular weight is 305 g/mol. The molecule has 1 heterocycles. The van der Waals surface area contributed by atoms with Crippen molar-refractivity contribution in [3.63, 3.8) is 0 Å². The molecule has 1 N–H and O–H groups in total. The molecule has 116 valence electrons. The molecule has 0 spiro atoms. The van der Waals surface area contributed by atoms with Crippen LogP contribution in [0.4, 0.5) is 17.6 Å². The van der Waals surface area contributed by atoms with Gasteiger partial charge in [-0.2, -0.15) is 13.2 Å². The summed E-state index contributed by atoms with van der Waals surface area (Å²) in [4.78, 5) is 11.8. The zero-order valence-electron chi connectivity index (χ0n) is 11.2. The first-order chi connectivity index (χ1) is 9.88. The number of halogens is 4. The Morgan fingerprint density at radius 1 is 1.33 bits per heavy atom. The lowest BCUT2D eigenvalue weighted by Crippen LogP contribution is -2.35. The van der Waals surface area contributed by atoms with Crippen LogP contribution in [0, 0.1) is 5.82 Å². The average Bonchev–Trinajstić information content (AvgIpc) is 2.45. The number of ether oxygens (including phenoxy) is 1. The van der Waals surface area contributed by atoms with Crippen molar-refractivity contribution in [2.45, 2.75) is 31.5 Å². The molecule has 1 saturated heterocycles. The Morgan fingerprint density at radius 3 is 2.71 bits per heavy atom. The largest absolute Gasteiger partial charge is 0.416 e. The summed E-state index contributed by atoms with van der Waals surface area (Å²) in [5, 5.41) is 2.42. The van der Waals surface area contributed by atoms with E-state index >= 15 is 0 Å². The molecule has 0 bridgehead atoms. The maximum Gasteiger partial charge on any atom is 0.416 e. The predicted octanol–water partition coefficient (Wildman–Crippen LogP) is 3.14. The third-order valence-electron chi connectivity index (χ3n) is 3.30. The fourth-order valence-corrected chi connectivity index (χ4v) is 2.15. The van der Waals surface area contributed by atoms with Gasteiger partial charge >= 0.3 is 6.18 Å². The molecule has 3 nitrogen and oxygen atoms in total. The number of hydrogen-bond donors (Lipinski definition) is 1. The number of alkyl halides is 3. The van der Waals surface area contributed by atoms with E-state index < -0.39 is 29.0 Å². The Kier molecular flexibility index (Phi) is 4.82. The Balaban J connectivity index is 2.04. The summed E-state index contributed by atoms with van der Waals surface area (Å²) < 4.78 is 56.6. The second kappa shape index (κ2) is 6.43. The van der Waals surface area contributed by atoms with Crippen LogP contribution in [0.2, 0.25) is 0 Å². The highest BCUT2D eigenvalue weighted by molar-refractivity contribution is 5.94. The van der Waals surface area contributed by atoms with Crippen molar-refractivity contribution < 1.29 is 27.1 Å². The summed E-state index contributed by atoms with van der Waals surface area (Å²) in [6.07, 6.45) is -2.09. The SMILES string of the molecule is O=C(NCC1CCCCO1)c1cc(C(F)(F)F)ccc1F. The molecule has 1 fully saturated rings. The number of carbonyl (C=O) groups excluding carboxylic acids is 1. The minimum Gasteiger partial charge on any atom is -0.376 e. The van der Waals surface area contributed by atoms with Gasteiger partial charge in [0.05, 0.1) is 17.2 Å². The van der Waals surface area contributed by atoms with E-state index in [1.54, 1.807) is 0 Å². The van der Waals surface area contributed by atoms with Crippen LogP contribution in [0.25, 0.3) is 0 Å². The Hall–Kier alpha value is -1.63. The Labute approximate surface area is 119 Å². The van der Waals surface area contributed by atoms with Crippen LogP contribution in [0.3, 0.4) is 0 Å². The molecule has 1 aromatic carbocycles. The van der Waals surface area contributed by atoms with Crippen LogP contribution in [0.5, 0.6) is 0 Å².